The Hall–Kier alpha value is -3.76. The number of aliphatic hydroxyl groups is 2. The van der Waals surface area contributed by atoms with Gasteiger partial charge in [-0.1, -0.05) is 37.3 Å². The Bertz CT molecular complexity index is 1340. The highest BCUT2D eigenvalue weighted by Gasteiger charge is 2.38. The van der Waals surface area contributed by atoms with Crippen LogP contribution in [0.2, 0.25) is 0 Å². The number of aromatic nitrogens is 2. The lowest BCUT2D eigenvalue weighted by molar-refractivity contribution is -0.0983. The fourth-order valence-corrected chi connectivity index (χ4v) is 3.79. The fourth-order valence-electron chi connectivity index (χ4n) is 3.79. The highest BCUT2D eigenvalue weighted by atomic mass is 19.4. The van der Waals surface area contributed by atoms with Gasteiger partial charge in [0.25, 0.3) is 5.91 Å². The van der Waals surface area contributed by atoms with Crippen molar-refractivity contribution in [1.82, 2.24) is 9.97 Å². The number of ether oxygens (including phenoxy) is 1. The molecule has 1 aliphatic carbocycles. The van der Waals surface area contributed by atoms with E-state index < -0.39 is 36.3 Å². The van der Waals surface area contributed by atoms with Gasteiger partial charge in [-0.05, 0) is 42.2 Å². The molecule has 0 radical (unpaired) electrons. The number of hydrogen-bond acceptors (Lipinski definition) is 6. The van der Waals surface area contributed by atoms with Crippen LogP contribution >= 0.6 is 0 Å². The number of benzene rings is 1. The first-order valence-electron chi connectivity index (χ1n) is 11.2. The van der Waals surface area contributed by atoms with Crippen molar-refractivity contribution in [2.75, 3.05) is 18.5 Å². The highest BCUT2D eigenvalue weighted by molar-refractivity contribution is 6.07. The van der Waals surface area contributed by atoms with Crippen molar-refractivity contribution in [2.45, 2.75) is 25.6 Å². The zero-order chi connectivity index (χ0) is 25.9. The average molecular weight is 499 g/mol. The number of carbonyl (C=O) groups excluding carboxylic acids is 1. The molecular weight excluding hydrogens is 475 g/mol. The molecule has 0 aliphatic heterocycles. The van der Waals surface area contributed by atoms with Gasteiger partial charge in [0.1, 0.15) is 18.4 Å². The smallest absolute Gasteiger partial charge is 0.412 e. The number of anilines is 1. The molecule has 1 aliphatic rings. The number of amides is 1. The molecule has 7 nitrogen and oxygen atoms in total. The number of nitrogens with zero attached hydrogens (tertiary/aromatic N) is 2. The molecule has 0 bridgehead atoms. The number of para-hydroxylation sites is 1. The highest BCUT2D eigenvalue weighted by Crippen LogP contribution is 2.39. The van der Waals surface area contributed by atoms with Crippen molar-refractivity contribution in [3.63, 3.8) is 0 Å². The molecule has 2 aromatic heterocycles. The maximum Gasteiger partial charge on any atom is 0.412 e. The predicted molar refractivity (Wildman–Crippen MR) is 128 cm³/mol. The van der Waals surface area contributed by atoms with Crippen LogP contribution in [0.15, 0.2) is 66.3 Å². The first kappa shape index (κ1) is 25.3. The topological polar surface area (TPSA) is 105 Å². The van der Waals surface area contributed by atoms with Crippen LogP contribution in [0, 0.1) is 5.92 Å². The molecule has 0 saturated carbocycles. The van der Waals surface area contributed by atoms with Crippen LogP contribution in [0.4, 0.5) is 18.9 Å². The summed E-state index contributed by atoms with van der Waals surface area (Å²) in [5.74, 6) is -1.09. The maximum atomic E-state index is 13.4. The summed E-state index contributed by atoms with van der Waals surface area (Å²) in [6, 6.07) is 13.1. The minimum absolute atomic E-state index is 0.0425. The number of halogens is 3. The summed E-state index contributed by atoms with van der Waals surface area (Å²) in [5.41, 5.74) is 0.981. The zero-order valence-corrected chi connectivity index (χ0v) is 19.3. The van der Waals surface area contributed by atoms with E-state index in [0.29, 0.717) is 27.9 Å². The Morgan fingerprint density at radius 2 is 1.94 bits per heavy atom. The van der Waals surface area contributed by atoms with E-state index in [1.807, 2.05) is 0 Å². The summed E-state index contributed by atoms with van der Waals surface area (Å²) in [6.45, 7) is 0.875. The van der Waals surface area contributed by atoms with Crippen LogP contribution in [-0.4, -0.2) is 51.6 Å². The number of aliphatic hydroxyl groups excluding tert-OH is 2. The number of fused-ring (bicyclic) bond motifs is 1. The number of carbonyl (C=O) groups is 1. The molecule has 1 aromatic carbocycles. The van der Waals surface area contributed by atoms with E-state index in [-0.39, 0.29) is 24.6 Å². The van der Waals surface area contributed by atoms with Crippen molar-refractivity contribution in [1.29, 1.82) is 0 Å². The van der Waals surface area contributed by atoms with Crippen LogP contribution < -0.4 is 10.1 Å². The number of alkyl halides is 3. The SMILES string of the molecule is CC1CC=C(c2ccc3cccc(NC(=O)c4cccc(OC[C@@H](O)CO)n4)c3n2)C=C1C(F)(F)F. The van der Waals surface area contributed by atoms with Gasteiger partial charge in [-0.25, -0.2) is 9.97 Å². The molecule has 188 valence electrons. The monoisotopic (exact) mass is 499 g/mol. The van der Waals surface area contributed by atoms with Gasteiger partial charge in [0.05, 0.1) is 23.5 Å². The number of nitrogens with one attached hydrogen (secondary N) is 1. The van der Waals surface area contributed by atoms with Gasteiger partial charge in [0.2, 0.25) is 5.88 Å². The number of pyridine rings is 2. The first-order valence-corrected chi connectivity index (χ1v) is 11.2. The molecule has 1 amide bonds. The summed E-state index contributed by atoms with van der Waals surface area (Å²) in [7, 11) is 0. The molecule has 3 aromatic rings. The van der Waals surface area contributed by atoms with Gasteiger partial charge in [0.15, 0.2) is 0 Å². The second-order valence-electron chi connectivity index (χ2n) is 8.43. The first-order chi connectivity index (χ1) is 17.2. The van der Waals surface area contributed by atoms with E-state index in [1.165, 1.54) is 19.1 Å². The quantitative estimate of drug-likeness (QED) is 0.442. The van der Waals surface area contributed by atoms with Crippen LogP contribution in [-0.2, 0) is 0 Å². The standard InChI is InChI=1S/C26H24F3N3O4/c1-15-8-9-17(12-19(15)26(27,28)29)20-11-10-16-4-2-5-21(24(16)31-20)32-25(35)22-6-3-7-23(30-22)36-14-18(34)13-33/h2-7,9-12,15,18,33-34H,8,13-14H2,1H3,(H,32,35)/t15?,18-/m0/s1. The normalized spacial score (nSPS) is 16.8. The van der Waals surface area contributed by atoms with E-state index in [4.69, 9.17) is 9.84 Å². The molecule has 1 unspecified atom stereocenters. The van der Waals surface area contributed by atoms with E-state index in [9.17, 15) is 23.1 Å². The minimum Gasteiger partial charge on any atom is -0.475 e. The third-order valence-electron chi connectivity index (χ3n) is 5.72. The Kier molecular flexibility index (Phi) is 7.37. The third kappa shape index (κ3) is 5.72. The number of allylic oxidation sites excluding steroid dienone is 4. The summed E-state index contributed by atoms with van der Waals surface area (Å²) < 4.78 is 45.6. The average Bonchev–Trinajstić information content (AvgIpc) is 2.87. The molecule has 10 heteroatoms. The fraction of sp³-hybridized carbons (Fsp3) is 0.269. The van der Waals surface area contributed by atoms with E-state index in [0.717, 1.165) is 6.08 Å². The summed E-state index contributed by atoms with van der Waals surface area (Å²) >= 11 is 0. The second-order valence-corrected chi connectivity index (χ2v) is 8.43. The number of hydrogen-bond donors (Lipinski definition) is 3. The molecule has 2 heterocycles. The molecule has 4 rings (SSSR count). The summed E-state index contributed by atoms with van der Waals surface area (Å²) in [4.78, 5) is 21.6. The van der Waals surface area contributed by atoms with E-state index in [2.05, 4.69) is 15.3 Å². The zero-order valence-electron chi connectivity index (χ0n) is 19.3. The number of rotatable bonds is 7. The lowest BCUT2D eigenvalue weighted by Gasteiger charge is -2.22. The van der Waals surface area contributed by atoms with E-state index >= 15 is 0 Å². The van der Waals surface area contributed by atoms with Crippen molar-refractivity contribution in [2.24, 2.45) is 5.92 Å². The van der Waals surface area contributed by atoms with Gasteiger partial charge in [0, 0.05) is 17.0 Å². The molecule has 0 spiro atoms. The van der Waals surface area contributed by atoms with E-state index in [1.54, 1.807) is 42.5 Å². The minimum atomic E-state index is -4.42. The van der Waals surface area contributed by atoms with Crippen molar-refractivity contribution < 1.29 is 32.9 Å². The Labute approximate surface area is 205 Å². The maximum absolute atomic E-state index is 13.4. The molecule has 0 fully saturated rings. The van der Waals surface area contributed by atoms with Gasteiger partial charge in [-0.15, -0.1) is 0 Å². The van der Waals surface area contributed by atoms with Crippen LogP contribution in [0.5, 0.6) is 5.88 Å². The van der Waals surface area contributed by atoms with Gasteiger partial charge >= 0.3 is 6.18 Å². The van der Waals surface area contributed by atoms with Gasteiger partial charge < -0.3 is 20.3 Å². The largest absolute Gasteiger partial charge is 0.475 e. The second kappa shape index (κ2) is 10.5. The molecular formula is C26H24F3N3O4. The van der Waals surface area contributed by atoms with Crippen molar-refractivity contribution >= 4 is 28.1 Å². The lowest BCUT2D eigenvalue weighted by atomic mass is 9.88. The molecule has 2 atom stereocenters. The van der Waals surface area contributed by atoms with Crippen LogP contribution in [0.1, 0.15) is 29.5 Å². The van der Waals surface area contributed by atoms with Crippen LogP contribution in [0.25, 0.3) is 16.5 Å². The van der Waals surface area contributed by atoms with Crippen molar-refractivity contribution in [3.8, 4) is 5.88 Å². The Morgan fingerprint density at radius 1 is 1.17 bits per heavy atom. The molecule has 36 heavy (non-hydrogen) atoms. The lowest BCUT2D eigenvalue weighted by Crippen LogP contribution is -2.22. The predicted octanol–water partition coefficient (Wildman–Crippen LogP) is 4.53. The van der Waals surface area contributed by atoms with Gasteiger partial charge in [-0.3, -0.25) is 4.79 Å². The summed E-state index contributed by atoms with van der Waals surface area (Å²) in [6.07, 6.45) is -2.38. The molecule has 0 saturated heterocycles. The Morgan fingerprint density at radius 3 is 2.69 bits per heavy atom. The van der Waals surface area contributed by atoms with Gasteiger partial charge in [-0.2, -0.15) is 13.2 Å². The third-order valence-corrected chi connectivity index (χ3v) is 5.72. The summed E-state index contributed by atoms with van der Waals surface area (Å²) in [5, 5.41) is 21.8. The molecule has 3 N–H and O–H groups in total. The van der Waals surface area contributed by atoms with Crippen molar-refractivity contribution in [3.05, 3.63) is 77.6 Å². The Balaban J connectivity index is 1.61. The van der Waals surface area contributed by atoms with Crippen LogP contribution in [0.3, 0.4) is 0 Å².